The predicted molar refractivity (Wildman–Crippen MR) is 99.9 cm³/mol. The molecule has 4 nitrogen and oxygen atoms in total. The molecule has 1 unspecified atom stereocenters. The van der Waals surface area contributed by atoms with Crippen molar-refractivity contribution in [3.63, 3.8) is 0 Å². The van der Waals surface area contributed by atoms with Crippen molar-refractivity contribution in [2.75, 3.05) is 6.54 Å². The van der Waals surface area contributed by atoms with Gasteiger partial charge in [-0.2, -0.15) is 0 Å². The molecule has 0 spiro atoms. The number of nitrogens with zero attached hydrogens (tertiary/aromatic N) is 1. The van der Waals surface area contributed by atoms with Crippen molar-refractivity contribution in [2.45, 2.75) is 44.6 Å². The summed E-state index contributed by atoms with van der Waals surface area (Å²) in [6, 6.07) is 13.8. The summed E-state index contributed by atoms with van der Waals surface area (Å²) in [5.41, 5.74) is 8.08. The van der Waals surface area contributed by atoms with Gasteiger partial charge in [0, 0.05) is 18.8 Å². The standard InChI is InChI=1S/C21H27N3O/c22-16-21(11-5-2-6-12-21)14-19(25)24-20(17-8-3-1-4-9-17)18-10-7-13-23-15-18/h1,3-4,7-10,13,15,20H,2,5-6,11-12,14,16,22H2,(H,24,25). The van der Waals surface area contributed by atoms with Crippen LogP contribution in [0.4, 0.5) is 0 Å². The third kappa shape index (κ3) is 4.45. The van der Waals surface area contributed by atoms with Gasteiger partial charge in [-0.3, -0.25) is 9.78 Å². The molecule has 3 N–H and O–H groups in total. The highest BCUT2D eigenvalue weighted by molar-refractivity contribution is 5.77. The molecule has 1 aromatic heterocycles. The van der Waals surface area contributed by atoms with Gasteiger partial charge in [0.25, 0.3) is 0 Å². The predicted octanol–water partition coefficient (Wildman–Crippen LogP) is 3.59. The minimum atomic E-state index is -0.180. The van der Waals surface area contributed by atoms with Crippen molar-refractivity contribution in [3.05, 3.63) is 66.0 Å². The first-order valence-electron chi connectivity index (χ1n) is 9.17. The van der Waals surface area contributed by atoms with Crippen LogP contribution in [0.25, 0.3) is 0 Å². The Hall–Kier alpha value is -2.20. The van der Waals surface area contributed by atoms with Crippen LogP contribution in [0.2, 0.25) is 0 Å². The van der Waals surface area contributed by atoms with Crippen LogP contribution in [-0.4, -0.2) is 17.4 Å². The summed E-state index contributed by atoms with van der Waals surface area (Å²) in [6.45, 7) is 0.587. The number of benzene rings is 1. The van der Waals surface area contributed by atoms with Crippen LogP contribution in [0.15, 0.2) is 54.9 Å². The van der Waals surface area contributed by atoms with Crippen LogP contribution in [0.3, 0.4) is 0 Å². The zero-order valence-corrected chi connectivity index (χ0v) is 14.7. The normalized spacial score (nSPS) is 17.6. The van der Waals surface area contributed by atoms with E-state index in [1.807, 2.05) is 48.7 Å². The van der Waals surface area contributed by atoms with E-state index in [9.17, 15) is 4.79 Å². The summed E-state index contributed by atoms with van der Waals surface area (Å²) in [6.07, 6.45) is 9.79. The fourth-order valence-corrected chi connectivity index (χ4v) is 3.86. The van der Waals surface area contributed by atoms with Crippen molar-refractivity contribution >= 4 is 5.91 Å². The maximum Gasteiger partial charge on any atom is 0.221 e. The first-order valence-corrected chi connectivity index (χ1v) is 9.17. The monoisotopic (exact) mass is 337 g/mol. The highest BCUT2D eigenvalue weighted by Gasteiger charge is 2.33. The second-order valence-electron chi connectivity index (χ2n) is 7.14. The van der Waals surface area contributed by atoms with Gasteiger partial charge in [-0.15, -0.1) is 0 Å². The van der Waals surface area contributed by atoms with Crippen molar-refractivity contribution in [1.29, 1.82) is 0 Å². The van der Waals surface area contributed by atoms with Gasteiger partial charge < -0.3 is 11.1 Å². The maximum atomic E-state index is 12.8. The van der Waals surface area contributed by atoms with Gasteiger partial charge in [0.2, 0.25) is 5.91 Å². The fourth-order valence-electron chi connectivity index (χ4n) is 3.86. The van der Waals surface area contributed by atoms with Crippen LogP contribution in [0, 0.1) is 5.41 Å². The van der Waals surface area contributed by atoms with Crippen LogP contribution in [0.1, 0.15) is 55.7 Å². The second kappa shape index (κ2) is 8.26. The number of carbonyl (C=O) groups excluding carboxylic acids is 1. The van der Waals surface area contributed by atoms with Gasteiger partial charge in [-0.1, -0.05) is 55.7 Å². The quantitative estimate of drug-likeness (QED) is 0.846. The number of hydrogen-bond donors (Lipinski definition) is 2. The molecule has 1 atom stereocenters. The van der Waals surface area contributed by atoms with Crippen molar-refractivity contribution in [2.24, 2.45) is 11.1 Å². The lowest BCUT2D eigenvalue weighted by atomic mass is 9.71. The Labute approximate surface area is 149 Å². The first-order chi connectivity index (χ1) is 12.2. The van der Waals surface area contributed by atoms with E-state index in [-0.39, 0.29) is 17.4 Å². The molecule has 1 saturated carbocycles. The van der Waals surface area contributed by atoms with E-state index in [4.69, 9.17) is 5.73 Å². The van der Waals surface area contributed by atoms with E-state index in [2.05, 4.69) is 10.3 Å². The molecule has 2 aromatic rings. The molecule has 1 heterocycles. The maximum absolute atomic E-state index is 12.8. The number of nitrogens with one attached hydrogen (secondary N) is 1. The van der Waals surface area contributed by atoms with Crippen molar-refractivity contribution < 1.29 is 4.79 Å². The summed E-state index contributed by atoms with van der Waals surface area (Å²) in [4.78, 5) is 17.1. The van der Waals surface area contributed by atoms with Gasteiger partial charge >= 0.3 is 0 Å². The topological polar surface area (TPSA) is 68.0 Å². The molecule has 0 radical (unpaired) electrons. The molecule has 132 valence electrons. The number of amides is 1. The molecule has 1 aliphatic carbocycles. The molecule has 1 amide bonds. The molecule has 1 aliphatic rings. The second-order valence-corrected chi connectivity index (χ2v) is 7.14. The zero-order chi connectivity index (χ0) is 17.5. The summed E-state index contributed by atoms with van der Waals surface area (Å²) in [5, 5.41) is 3.22. The van der Waals surface area contributed by atoms with Crippen LogP contribution >= 0.6 is 0 Å². The molecular formula is C21H27N3O. The van der Waals surface area contributed by atoms with E-state index < -0.39 is 0 Å². The Morgan fingerprint density at radius 2 is 1.80 bits per heavy atom. The molecule has 4 heteroatoms. The van der Waals surface area contributed by atoms with Crippen LogP contribution in [0.5, 0.6) is 0 Å². The van der Waals surface area contributed by atoms with E-state index >= 15 is 0 Å². The fraction of sp³-hybridized carbons (Fsp3) is 0.429. The molecule has 1 fully saturated rings. The van der Waals surface area contributed by atoms with Gasteiger partial charge in [-0.05, 0) is 42.0 Å². The average Bonchev–Trinajstić information content (AvgIpc) is 2.68. The van der Waals surface area contributed by atoms with Crippen LogP contribution in [-0.2, 0) is 4.79 Å². The van der Waals surface area contributed by atoms with Crippen LogP contribution < -0.4 is 11.1 Å². The van der Waals surface area contributed by atoms with Gasteiger partial charge in [0.05, 0.1) is 6.04 Å². The third-order valence-electron chi connectivity index (χ3n) is 5.34. The summed E-state index contributed by atoms with van der Waals surface area (Å²) in [7, 11) is 0. The molecular weight excluding hydrogens is 310 g/mol. The van der Waals surface area contributed by atoms with E-state index in [0.717, 1.165) is 24.0 Å². The third-order valence-corrected chi connectivity index (χ3v) is 5.34. The molecule has 0 aliphatic heterocycles. The molecule has 3 rings (SSSR count). The van der Waals surface area contributed by atoms with E-state index in [1.54, 1.807) is 6.20 Å². The SMILES string of the molecule is NCC1(CC(=O)NC(c2ccccc2)c2cccnc2)CCCCC1. The lowest BCUT2D eigenvalue weighted by molar-refractivity contribution is -0.124. The average molecular weight is 337 g/mol. The largest absolute Gasteiger partial charge is 0.345 e. The number of aromatic nitrogens is 1. The number of nitrogens with two attached hydrogens (primary N) is 1. The molecule has 0 saturated heterocycles. The molecule has 25 heavy (non-hydrogen) atoms. The number of rotatable bonds is 6. The van der Waals surface area contributed by atoms with E-state index in [0.29, 0.717) is 13.0 Å². The number of hydrogen-bond acceptors (Lipinski definition) is 3. The van der Waals surface area contributed by atoms with Gasteiger partial charge in [0.15, 0.2) is 0 Å². The number of carbonyl (C=O) groups is 1. The first kappa shape index (κ1) is 17.6. The Morgan fingerprint density at radius 3 is 2.44 bits per heavy atom. The molecule has 1 aromatic carbocycles. The Morgan fingerprint density at radius 1 is 1.08 bits per heavy atom. The highest BCUT2D eigenvalue weighted by Crippen LogP contribution is 2.38. The summed E-state index contributed by atoms with van der Waals surface area (Å²) in [5.74, 6) is 0.0741. The van der Waals surface area contributed by atoms with Crippen molar-refractivity contribution in [1.82, 2.24) is 10.3 Å². The Kier molecular flexibility index (Phi) is 5.82. The van der Waals surface area contributed by atoms with Gasteiger partial charge in [0.1, 0.15) is 0 Å². The lowest BCUT2D eigenvalue weighted by Crippen LogP contribution is -2.39. The number of pyridine rings is 1. The van der Waals surface area contributed by atoms with Gasteiger partial charge in [-0.25, -0.2) is 0 Å². The summed E-state index contributed by atoms with van der Waals surface area (Å²) < 4.78 is 0. The Bertz CT molecular complexity index is 627. The molecule has 0 bridgehead atoms. The minimum Gasteiger partial charge on any atom is -0.345 e. The lowest BCUT2D eigenvalue weighted by Gasteiger charge is -2.36. The van der Waals surface area contributed by atoms with E-state index in [1.165, 1.54) is 19.3 Å². The zero-order valence-electron chi connectivity index (χ0n) is 14.7. The Balaban J connectivity index is 1.77. The minimum absolute atomic E-state index is 0.0293. The smallest absolute Gasteiger partial charge is 0.221 e. The highest BCUT2D eigenvalue weighted by atomic mass is 16.1. The summed E-state index contributed by atoms with van der Waals surface area (Å²) >= 11 is 0. The van der Waals surface area contributed by atoms with Crippen molar-refractivity contribution in [3.8, 4) is 0 Å².